The number of nitrogens with zero attached hydrogens (tertiary/aromatic N) is 2. The molecule has 0 aliphatic carbocycles. The van der Waals surface area contributed by atoms with Gasteiger partial charge >= 0.3 is 0 Å². The minimum Gasteiger partial charge on any atom is -0.229 e. The summed E-state index contributed by atoms with van der Waals surface area (Å²) in [6.07, 6.45) is 0.781. The van der Waals surface area contributed by atoms with Crippen molar-refractivity contribution in [2.24, 2.45) is 0 Å². The predicted molar refractivity (Wildman–Crippen MR) is 71.2 cm³/mol. The number of hydrogen-bond acceptors (Lipinski definition) is 4. The first-order valence-corrected chi connectivity index (χ1v) is 8.09. The van der Waals surface area contributed by atoms with E-state index in [9.17, 15) is 8.42 Å². The number of hydrogen-bond donors (Lipinski definition) is 0. The average Bonchev–Trinajstić information content (AvgIpc) is 2.54. The third-order valence-electron chi connectivity index (χ3n) is 2.29. The molecule has 0 saturated heterocycles. The van der Waals surface area contributed by atoms with Crippen LogP contribution in [-0.2, 0) is 10.0 Å². The van der Waals surface area contributed by atoms with E-state index in [1.807, 2.05) is 20.8 Å². The van der Waals surface area contributed by atoms with Gasteiger partial charge in [-0.25, -0.2) is 13.4 Å². The van der Waals surface area contributed by atoms with Gasteiger partial charge in [0.15, 0.2) is 8.68 Å². The van der Waals surface area contributed by atoms with Crippen LogP contribution < -0.4 is 0 Å². The van der Waals surface area contributed by atoms with Crippen molar-refractivity contribution in [3.8, 4) is 0 Å². The lowest BCUT2D eigenvalue weighted by Crippen LogP contribution is -2.37. The van der Waals surface area contributed by atoms with Crippen LogP contribution >= 0.6 is 22.9 Å². The van der Waals surface area contributed by atoms with Crippen LogP contribution in [0.4, 0.5) is 0 Å². The standard InChI is InChI=1S/C10H17ClN2O2S2/c1-5-6-13(7(2)3)17(14,15)9-8(4)12-10(11)16-9/h7H,5-6H2,1-4H3. The second kappa shape index (κ2) is 5.65. The molecule has 17 heavy (non-hydrogen) atoms. The monoisotopic (exact) mass is 296 g/mol. The van der Waals surface area contributed by atoms with E-state index in [0.29, 0.717) is 12.2 Å². The van der Waals surface area contributed by atoms with E-state index in [-0.39, 0.29) is 14.7 Å². The first-order valence-electron chi connectivity index (χ1n) is 5.45. The molecule has 7 heteroatoms. The fourth-order valence-electron chi connectivity index (χ4n) is 1.57. The molecule has 1 aromatic heterocycles. The molecule has 0 aromatic carbocycles. The first-order chi connectivity index (χ1) is 7.80. The highest BCUT2D eigenvalue weighted by Crippen LogP contribution is 2.30. The largest absolute Gasteiger partial charge is 0.254 e. The second-order valence-electron chi connectivity index (χ2n) is 4.05. The topological polar surface area (TPSA) is 50.3 Å². The van der Waals surface area contributed by atoms with Crippen molar-refractivity contribution in [3.05, 3.63) is 10.2 Å². The average molecular weight is 297 g/mol. The molecule has 1 aromatic rings. The van der Waals surface area contributed by atoms with Crippen molar-refractivity contribution < 1.29 is 8.42 Å². The van der Waals surface area contributed by atoms with E-state index >= 15 is 0 Å². The van der Waals surface area contributed by atoms with E-state index in [4.69, 9.17) is 11.6 Å². The molecule has 0 aliphatic heterocycles. The Hall–Kier alpha value is -0.170. The summed E-state index contributed by atoms with van der Waals surface area (Å²) in [5.41, 5.74) is 0.474. The molecule has 0 fully saturated rings. The summed E-state index contributed by atoms with van der Waals surface area (Å²) in [5, 5.41) is 0. The molecular weight excluding hydrogens is 280 g/mol. The zero-order valence-corrected chi connectivity index (χ0v) is 12.8. The Morgan fingerprint density at radius 3 is 2.41 bits per heavy atom. The molecule has 0 bridgehead atoms. The van der Waals surface area contributed by atoms with Crippen LogP contribution in [0.1, 0.15) is 32.9 Å². The number of aryl methyl sites for hydroxylation is 1. The molecule has 1 rings (SSSR count). The normalized spacial score (nSPS) is 12.6. The highest BCUT2D eigenvalue weighted by atomic mass is 35.5. The van der Waals surface area contributed by atoms with Gasteiger partial charge in [-0.2, -0.15) is 4.31 Å². The van der Waals surface area contributed by atoms with Gasteiger partial charge in [-0.3, -0.25) is 0 Å². The summed E-state index contributed by atoms with van der Waals surface area (Å²) < 4.78 is 26.9. The van der Waals surface area contributed by atoms with Gasteiger partial charge in [0.25, 0.3) is 10.0 Å². The molecule has 0 N–H and O–H groups in total. The van der Waals surface area contributed by atoms with Gasteiger partial charge in [-0.15, -0.1) is 0 Å². The van der Waals surface area contributed by atoms with Crippen LogP contribution in [0.3, 0.4) is 0 Å². The third-order valence-corrected chi connectivity index (χ3v) is 6.21. The molecule has 0 unspecified atom stereocenters. The summed E-state index contributed by atoms with van der Waals surface area (Å²) in [6, 6.07) is -0.0692. The summed E-state index contributed by atoms with van der Waals surface area (Å²) in [5.74, 6) is 0. The Labute approximate surface area is 112 Å². The molecule has 0 aliphatic rings. The molecule has 0 spiro atoms. The minimum absolute atomic E-state index is 0.0692. The van der Waals surface area contributed by atoms with Crippen molar-refractivity contribution in [3.63, 3.8) is 0 Å². The molecule has 1 heterocycles. The van der Waals surface area contributed by atoms with E-state index in [1.54, 1.807) is 6.92 Å². The Morgan fingerprint density at radius 2 is 2.06 bits per heavy atom. The maximum absolute atomic E-state index is 12.4. The Balaban J connectivity index is 3.21. The van der Waals surface area contributed by atoms with Crippen LogP contribution in [0.2, 0.25) is 4.47 Å². The van der Waals surface area contributed by atoms with Gasteiger partial charge < -0.3 is 0 Å². The van der Waals surface area contributed by atoms with Crippen LogP contribution in [0.25, 0.3) is 0 Å². The van der Waals surface area contributed by atoms with Gasteiger partial charge in [0.2, 0.25) is 0 Å². The van der Waals surface area contributed by atoms with Crippen LogP contribution in [0.15, 0.2) is 4.21 Å². The quantitative estimate of drug-likeness (QED) is 0.839. The lowest BCUT2D eigenvalue weighted by Gasteiger charge is -2.24. The van der Waals surface area contributed by atoms with Crippen LogP contribution in [-0.4, -0.2) is 30.3 Å². The van der Waals surface area contributed by atoms with Crippen molar-refractivity contribution >= 4 is 33.0 Å². The molecule has 0 radical (unpaired) electrons. The SMILES string of the molecule is CCCN(C(C)C)S(=O)(=O)c1sc(Cl)nc1C. The third kappa shape index (κ3) is 3.19. The zero-order chi connectivity index (χ0) is 13.2. The Bertz CT molecular complexity index is 482. The van der Waals surface area contributed by atoms with Crippen LogP contribution in [0.5, 0.6) is 0 Å². The molecule has 0 saturated carbocycles. The Kier molecular flexibility index (Phi) is 4.95. The van der Waals surface area contributed by atoms with E-state index in [0.717, 1.165) is 17.8 Å². The number of thiazole rings is 1. The van der Waals surface area contributed by atoms with Gasteiger partial charge in [0.1, 0.15) is 0 Å². The molecule has 4 nitrogen and oxygen atoms in total. The Morgan fingerprint density at radius 1 is 1.47 bits per heavy atom. The van der Waals surface area contributed by atoms with Crippen molar-refractivity contribution in [2.45, 2.75) is 44.4 Å². The van der Waals surface area contributed by atoms with Gasteiger partial charge in [0.05, 0.1) is 5.69 Å². The first kappa shape index (κ1) is 14.9. The maximum atomic E-state index is 12.4. The fraction of sp³-hybridized carbons (Fsp3) is 0.700. The number of aromatic nitrogens is 1. The highest BCUT2D eigenvalue weighted by molar-refractivity contribution is 7.91. The maximum Gasteiger partial charge on any atom is 0.254 e. The van der Waals surface area contributed by atoms with Crippen molar-refractivity contribution in [1.82, 2.24) is 9.29 Å². The number of rotatable bonds is 5. The molecule has 98 valence electrons. The molecular formula is C10H17ClN2O2S2. The van der Waals surface area contributed by atoms with Gasteiger partial charge in [-0.05, 0) is 27.2 Å². The highest BCUT2D eigenvalue weighted by Gasteiger charge is 2.30. The second-order valence-corrected chi connectivity index (χ2v) is 7.72. The lowest BCUT2D eigenvalue weighted by atomic mass is 10.4. The van der Waals surface area contributed by atoms with Crippen molar-refractivity contribution in [1.29, 1.82) is 0 Å². The minimum atomic E-state index is -3.47. The predicted octanol–water partition coefficient (Wildman–Crippen LogP) is 2.91. The van der Waals surface area contributed by atoms with Gasteiger partial charge in [-0.1, -0.05) is 29.9 Å². The van der Waals surface area contributed by atoms with E-state index in [2.05, 4.69) is 4.98 Å². The van der Waals surface area contributed by atoms with E-state index in [1.165, 1.54) is 4.31 Å². The molecule has 0 atom stereocenters. The summed E-state index contributed by atoms with van der Waals surface area (Å²) in [6.45, 7) is 7.86. The van der Waals surface area contributed by atoms with Gasteiger partial charge in [0, 0.05) is 12.6 Å². The summed E-state index contributed by atoms with van der Waals surface area (Å²) >= 11 is 6.78. The summed E-state index contributed by atoms with van der Waals surface area (Å²) in [7, 11) is -3.47. The fourth-order valence-corrected chi connectivity index (χ4v) is 5.15. The number of sulfonamides is 1. The van der Waals surface area contributed by atoms with E-state index < -0.39 is 10.0 Å². The van der Waals surface area contributed by atoms with Crippen molar-refractivity contribution in [2.75, 3.05) is 6.54 Å². The lowest BCUT2D eigenvalue weighted by molar-refractivity contribution is 0.355. The zero-order valence-electron chi connectivity index (χ0n) is 10.4. The van der Waals surface area contributed by atoms with Crippen LogP contribution in [0, 0.1) is 6.92 Å². The smallest absolute Gasteiger partial charge is 0.229 e. The molecule has 0 amide bonds. The summed E-state index contributed by atoms with van der Waals surface area (Å²) in [4.78, 5) is 3.96. The number of halogens is 1.